The summed E-state index contributed by atoms with van der Waals surface area (Å²) in [5, 5.41) is 13.7. The van der Waals surface area contributed by atoms with Gasteiger partial charge in [0.2, 0.25) is 0 Å². The van der Waals surface area contributed by atoms with Crippen molar-refractivity contribution in [2.24, 2.45) is 0 Å². The maximum Gasteiger partial charge on any atom is 0.416 e. The smallest absolute Gasteiger partial charge is 0.416 e. The molecule has 0 saturated carbocycles. The van der Waals surface area contributed by atoms with Crippen LogP contribution < -0.4 is 10.1 Å². The second-order valence-corrected chi connectivity index (χ2v) is 4.69. The van der Waals surface area contributed by atoms with Crippen LogP contribution in [0.4, 0.5) is 24.5 Å². The van der Waals surface area contributed by atoms with Gasteiger partial charge in [-0.3, -0.25) is 10.1 Å². The molecule has 1 N–H and O–H groups in total. The molecule has 0 aliphatic heterocycles. The molecular weight excluding hydrogens is 313 g/mol. The van der Waals surface area contributed by atoms with Gasteiger partial charge in [-0.2, -0.15) is 13.2 Å². The van der Waals surface area contributed by atoms with E-state index in [0.29, 0.717) is 17.0 Å². The highest BCUT2D eigenvalue weighted by atomic mass is 19.4. The van der Waals surface area contributed by atoms with Gasteiger partial charge in [0.1, 0.15) is 5.75 Å². The summed E-state index contributed by atoms with van der Waals surface area (Å²) in [5.41, 5.74) is -0.160. The van der Waals surface area contributed by atoms with E-state index in [1.54, 1.807) is 0 Å². The van der Waals surface area contributed by atoms with Crippen molar-refractivity contribution in [1.29, 1.82) is 0 Å². The number of anilines is 1. The molecule has 5 nitrogen and oxygen atoms in total. The Hall–Kier alpha value is -2.77. The van der Waals surface area contributed by atoms with Crippen LogP contribution in [0.3, 0.4) is 0 Å². The zero-order chi connectivity index (χ0) is 17.0. The maximum atomic E-state index is 12.7. The lowest BCUT2D eigenvalue weighted by atomic mass is 10.1. The first kappa shape index (κ1) is 16.6. The Morgan fingerprint density at radius 3 is 2.57 bits per heavy atom. The minimum atomic E-state index is -4.42. The lowest BCUT2D eigenvalue weighted by molar-refractivity contribution is -0.384. The van der Waals surface area contributed by atoms with Gasteiger partial charge in [-0.25, -0.2) is 0 Å². The summed E-state index contributed by atoms with van der Waals surface area (Å²) >= 11 is 0. The topological polar surface area (TPSA) is 64.4 Å². The molecule has 2 aromatic rings. The molecule has 0 heterocycles. The fourth-order valence-corrected chi connectivity index (χ4v) is 2.00. The van der Waals surface area contributed by atoms with Gasteiger partial charge in [-0.05, 0) is 23.8 Å². The van der Waals surface area contributed by atoms with Crippen LogP contribution in [0.15, 0.2) is 42.5 Å². The number of ether oxygens (including phenoxy) is 1. The Kier molecular flexibility index (Phi) is 4.73. The quantitative estimate of drug-likeness (QED) is 0.659. The van der Waals surface area contributed by atoms with E-state index in [1.807, 2.05) is 0 Å². The number of methoxy groups -OCH3 is 1. The Labute approximate surface area is 129 Å². The summed E-state index contributed by atoms with van der Waals surface area (Å²) in [6.07, 6.45) is -4.42. The molecule has 2 aromatic carbocycles. The summed E-state index contributed by atoms with van der Waals surface area (Å²) in [7, 11) is 1.40. The SMILES string of the molecule is COc1ccc([N+](=O)[O-])cc1NCc1cccc(C(F)(F)F)c1. The molecule has 122 valence electrons. The lowest BCUT2D eigenvalue weighted by Gasteiger charge is -2.12. The number of halogens is 3. The Bertz CT molecular complexity index is 717. The van der Waals surface area contributed by atoms with Gasteiger partial charge in [-0.1, -0.05) is 12.1 Å². The van der Waals surface area contributed by atoms with E-state index in [9.17, 15) is 23.3 Å². The van der Waals surface area contributed by atoms with E-state index in [2.05, 4.69) is 5.32 Å². The van der Waals surface area contributed by atoms with Crippen LogP contribution in [-0.2, 0) is 12.7 Å². The van der Waals surface area contributed by atoms with Gasteiger partial charge in [0.15, 0.2) is 0 Å². The van der Waals surface area contributed by atoms with Crippen LogP contribution in [0.5, 0.6) is 5.75 Å². The molecule has 0 bridgehead atoms. The van der Waals surface area contributed by atoms with Gasteiger partial charge in [0.25, 0.3) is 5.69 Å². The molecule has 0 fully saturated rings. The summed E-state index contributed by atoms with van der Waals surface area (Å²) in [6, 6.07) is 8.83. The first-order chi connectivity index (χ1) is 10.8. The third-order valence-corrected chi connectivity index (χ3v) is 3.13. The van der Waals surface area contributed by atoms with Crippen LogP contribution >= 0.6 is 0 Å². The predicted octanol–water partition coefficient (Wildman–Crippen LogP) is 4.23. The van der Waals surface area contributed by atoms with Crippen molar-refractivity contribution in [3.63, 3.8) is 0 Å². The molecule has 2 rings (SSSR count). The third-order valence-electron chi connectivity index (χ3n) is 3.13. The molecule has 0 saturated heterocycles. The van der Waals surface area contributed by atoms with Gasteiger partial charge in [-0.15, -0.1) is 0 Å². The molecule has 0 aliphatic rings. The lowest BCUT2D eigenvalue weighted by Crippen LogP contribution is -2.07. The number of rotatable bonds is 5. The van der Waals surface area contributed by atoms with Crippen LogP contribution in [0.2, 0.25) is 0 Å². The van der Waals surface area contributed by atoms with Gasteiger partial charge in [0, 0.05) is 18.7 Å². The molecule has 0 aliphatic carbocycles. The number of nitro groups is 1. The van der Waals surface area contributed by atoms with E-state index < -0.39 is 16.7 Å². The van der Waals surface area contributed by atoms with Crippen molar-refractivity contribution in [2.45, 2.75) is 12.7 Å². The summed E-state index contributed by atoms with van der Waals surface area (Å²) in [5.74, 6) is 0.363. The second-order valence-electron chi connectivity index (χ2n) is 4.69. The highest BCUT2D eigenvalue weighted by Gasteiger charge is 2.30. The van der Waals surface area contributed by atoms with Crippen molar-refractivity contribution in [3.8, 4) is 5.75 Å². The average Bonchev–Trinajstić information content (AvgIpc) is 2.52. The number of hydrogen-bond donors (Lipinski definition) is 1. The number of nitrogens with zero attached hydrogens (tertiary/aromatic N) is 1. The summed E-state index contributed by atoms with van der Waals surface area (Å²) in [6.45, 7) is 0.0709. The average molecular weight is 326 g/mol. The number of hydrogen-bond acceptors (Lipinski definition) is 4. The second kappa shape index (κ2) is 6.55. The highest BCUT2D eigenvalue weighted by Crippen LogP contribution is 2.31. The minimum absolute atomic E-state index is 0.0709. The maximum absolute atomic E-state index is 12.7. The zero-order valence-electron chi connectivity index (χ0n) is 12.1. The summed E-state index contributed by atoms with van der Waals surface area (Å²) < 4.78 is 43.1. The molecule has 0 atom stereocenters. The molecule has 23 heavy (non-hydrogen) atoms. The highest BCUT2D eigenvalue weighted by molar-refractivity contribution is 5.61. The first-order valence-electron chi connectivity index (χ1n) is 6.53. The number of non-ortho nitro benzene ring substituents is 1. The van der Waals surface area contributed by atoms with Crippen LogP contribution in [0.25, 0.3) is 0 Å². The fraction of sp³-hybridized carbons (Fsp3) is 0.200. The van der Waals surface area contributed by atoms with Crippen LogP contribution in [0.1, 0.15) is 11.1 Å². The minimum Gasteiger partial charge on any atom is -0.495 e. The molecule has 0 aromatic heterocycles. The normalized spacial score (nSPS) is 11.1. The molecular formula is C15H13F3N2O3. The molecule has 0 spiro atoms. The molecule has 0 radical (unpaired) electrons. The number of benzene rings is 2. The van der Waals surface area contributed by atoms with E-state index in [1.165, 1.54) is 37.4 Å². The van der Waals surface area contributed by atoms with E-state index in [4.69, 9.17) is 4.74 Å². The van der Waals surface area contributed by atoms with Crippen molar-refractivity contribution >= 4 is 11.4 Å². The van der Waals surface area contributed by atoms with E-state index in [-0.39, 0.29) is 12.2 Å². The number of nitrogens with one attached hydrogen (secondary N) is 1. The number of nitro benzene ring substituents is 1. The summed E-state index contributed by atoms with van der Waals surface area (Å²) in [4.78, 5) is 10.2. The predicted molar refractivity (Wildman–Crippen MR) is 78.4 cm³/mol. The Morgan fingerprint density at radius 1 is 1.22 bits per heavy atom. The molecule has 8 heteroatoms. The van der Waals surface area contributed by atoms with Crippen LogP contribution in [0, 0.1) is 10.1 Å². The Morgan fingerprint density at radius 2 is 1.96 bits per heavy atom. The van der Waals surface area contributed by atoms with E-state index >= 15 is 0 Å². The van der Waals surface area contributed by atoms with Crippen LogP contribution in [-0.4, -0.2) is 12.0 Å². The van der Waals surface area contributed by atoms with Crippen molar-refractivity contribution in [2.75, 3.05) is 12.4 Å². The van der Waals surface area contributed by atoms with Gasteiger partial charge < -0.3 is 10.1 Å². The van der Waals surface area contributed by atoms with Crippen molar-refractivity contribution in [3.05, 3.63) is 63.7 Å². The fourth-order valence-electron chi connectivity index (χ4n) is 2.00. The zero-order valence-corrected chi connectivity index (χ0v) is 12.1. The van der Waals surface area contributed by atoms with Gasteiger partial charge >= 0.3 is 6.18 Å². The molecule has 0 amide bonds. The van der Waals surface area contributed by atoms with Crippen molar-refractivity contribution < 1.29 is 22.8 Å². The first-order valence-corrected chi connectivity index (χ1v) is 6.53. The van der Waals surface area contributed by atoms with Gasteiger partial charge in [0.05, 0.1) is 23.3 Å². The Balaban J connectivity index is 2.20. The van der Waals surface area contributed by atoms with Crippen molar-refractivity contribution in [1.82, 2.24) is 0 Å². The standard InChI is InChI=1S/C15H13F3N2O3/c1-23-14-6-5-12(20(21)22)8-13(14)19-9-10-3-2-4-11(7-10)15(16,17)18/h2-8,19H,9H2,1H3. The number of alkyl halides is 3. The molecule has 0 unspecified atom stereocenters. The largest absolute Gasteiger partial charge is 0.495 e. The third kappa shape index (κ3) is 4.12. The monoisotopic (exact) mass is 326 g/mol. The van der Waals surface area contributed by atoms with E-state index in [0.717, 1.165) is 12.1 Å².